The Morgan fingerprint density at radius 1 is 1.22 bits per heavy atom. The molecule has 0 spiro atoms. The number of allylic oxidation sites excluding steroid dienone is 3. The van der Waals surface area contributed by atoms with E-state index in [9.17, 15) is 0 Å². The quantitative estimate of drug-likeness (QED) is 0.489. The molecule has 0 bridgehead atoms. The van der Waals surface area contributed by atoms with Crippen LogP contribution in [0.25, 0.3) is 0 Å². The van der Waals surface area contributed by atoms with Crippen LogP contribution in [0.4, 0.5) is 0 Å². The van der Waals surface area contributed by atoms with Gasteiger partial charge in [-0.1, -0.05) is 0 Å². The maximum Gasteiger partial charge on any atom is -1.00 e. The first-order valence-corrected chi connectivity index (χ1v) is 9.68. The van der Waals surface area contributed by atoms with E-state index in [4.69, 9.17) is 0 Å². The van der Waals surface area contributed by atoms with E-state index < -0.39 is 8.96 Å². The second kappa shape index (κ2) is 7.10. The molecule has 0 N–H and O–H groups in total. The topological polar surface area (TPSA) is 0 Å². The summed E-state index contributed by atoms with van der Waals surface area (Å²) in [6, 6.07) is 0. The molecule has 0 aromatic rings. The molecule has 1 nitrogen and oxygen atoms in total. The fraction of sp³-hybridized carbons (Fsp3) is 0.692. The van der Waals surface area contributed by atoms with E-state index in [1.807, 2.05) is 0 Å². The summed E-state index contributed by atoms with van der Waals surface area (Å²) in [5.74, 6) is 0.610. The van der Waals surface area contributed by atoms with E-state index in [0.29, 0.717) is 11.5 Å². The van der Waals surface area contributed by atoms with E-state index in [2.05, 4.69) is 80.6 Å². The molecule has 0 amide bonds. The summed E-state index contributed by atoms with van der Waals surface area (Å²) in [5, 5.41) is 0. The van der Waals surface area contributed by atoms with Gasteiger partial charge >= 0.3 is 115 Å². The molecule has 0 fully saturated rings. The molecular formula is C13H25Cl2NSiTi-. The summed E-state index contributed by atoms with van der Waals surface area (Å²) >= 11 is 2.44. The standard InChI is InChI=1S/C13H25NSi.2ClH.Ti/c1-10-8-9-11(2)12(10)14(15(6)7)13(3,4)5;;;/h8-10,15H,1-7H3;2*1H;/q;;;+1/p-2. The summed E-state index contributed by atoms with van der Waals surface area (Å²) in [5.41, 5.74) is 3.44. The zero-order chi connectivity index (χ0) is 12.7. The fourth-order valence-corrected chi connectivity index (χ4v) is 5.98. The SMILES string of the molecule is CC1=C([N+]([Ti])([SiH](C)C)C(C)(C)C)C(C)C=C1.[Cl-].[Cl-]. The van der Waals surface area contributed by atoms with Crippen molar-refractivity contribution < 1.29 is 48.1 Å². The Morgan fingerprint density at radius 2 is 1.67 bits per heavy atom. The molecule has 0 heterocycles. The van der Waals surface area contributed by atoms with Crippen molar-refractivity contribution in [2.24, 2.45) is 5.92 Å². The second-order valence-corrected chi connectivity index (χ2v) is 11.1. The van der Waals surface area contributed by atoms with E-state index >= 15 is 0 Å². The minimum absolute atomic E-state index is 0. The number of nitrogens with zero attached hydrogens (tertiary/aromatic N) is 1. The fourth-order valence-electron chi connectivity index (χ4n) is 2.84. The zero-order valence-corrected chi connectivity index (χ0v) is 16.7. The van der Waals surface area contributed by atoms with Gasteiger partial charge in [0.1, 0.15) is 0 Å². The molecule has 0 saturated carbocycles. The van der Waals surface area contributed by atoms with Gasteiger partial charge in [-0.05, 0) is 0 Å². The Kier molecular flexibility index (Phi) is 8.38. The van der Waals surface area contributed by atoms with E-state index in [1.54, 1.807) is 5.70 Å². The molecule has 18 heavy (non-hydrogen) atoms. The van der Waals surface area contributed by atoms with Crippen LogP contribution in [0.3, 0.4) is 0 Å². The van der Waals surface area contributed by atoms with Crippen molar-refractivity contribution in [3.8, 4) is 0 Å². The molecule has 0 aliphatic heterocycles. The van der Waals surface area contributed by atoms with Crippen molar-refractivity contribution in [2.45, 2.75) is 53.3 Å². The first-order chi connectivity index (χ1) is 7.12. The van der Waals surface area contributed by atoms with Gasteiger partial charge in [0, 0.05) is 0 Å². The van der Waals surface area contributed by atoms with Gasteiger partial charge in [-0.3, -0.25) is 0 Å². The van der Waals surface area contributed by atoms with Crippen molar-refractivity contribution in [1.82, 2.24) is 0 Å². The summed E-state index contributed by atoms with van der Waals surface area (Å²) in [6.07, 6.45) is 4.66. The minimum atomic E-state index is -0.816. The van der Waals surface area contributed by atoms with Gasteiger partial charge < -0.3 is 24.8 Å². The first kappa shape index (κ1) is 21.3. The monoisotopic (exact) mass is 341 g/mol. The van der Waals surface area contributed by atoms with Crippen LogP contribution in [-0.4, -0.2) is 17.1 Å². The molecule has 0 saturated heterocycles. The van der Waals surface area contributed by atoms with Crippen molar-refractivity contribution in [1.29, 1.82) is 0 Å². The van der Waals surface area contributed by atoms with Crippen LogP contribution in [0, 0.1) is 5.92 Å². The molecular weight excluding hydrogens is 317 g/mol. The van der Waals surface area contributed by atoms with Gasteiger partial charge in [-0.2, -0.15) is 0 Å². The average molecular weight is 342 g/mol. The Morgan fingerprint density at radius 3 is 1.89 bits per heavy atom. The number of rotatable bonds is 2. The second-order valence-electron chi connectivity index (χ2n) is 6.20. The Labute approximate surface area is 139 Å². The van der Waals surface area contributed by atoms with Gasteiger partial charge in [0.2, 0.25) is 0 Å². The largest absolute Gasteiger partial charge is 1.00 e. The Bertz CT molecular complexity index is 347. The van der Waals surface area contributed by atoms with Crippen molar-refractivity contribution in [2.75, 3.05) is 0 Å². The van der Waals surface area contributed by atoms with Gasteiger partial charge in [-0.25, -0.2) is 0 Å². The van der Waals surface area contributed by atoms with Crippen LogP contribution in [0.15, 0.2) is 23.4 Å². The molecule has 1 aliphatic rings. The molecule has 5 heteroatoms. The molecule has 105 valence electrons. The maximum atomic E-state index is 2.47. The van der Waals surface area contributed by atoms with E-state index in [1.165, 1.54) is 8.20 Å². The van der Waals surface area contributed by atoms with Crippen LogP contribution >= 0.6 is 0 Å². The van der Waals surface area contributed by atoms with Gasteiger partial charge in [0.25, 0.3) is 0 Å². The Balaban J connectivity index is 0. The summed E-state index contributed by atoms with van der Waals surface area (Å²) < 4.78 is 1.17. The number of hydrogen-bond donors (Lipinski definition) is 0. The van der Waals surface area contributed by atoms with E-state index in [-0.39, 0.29) is 24.8 Å². The molecule has 0 radical (unpaired) electrons. The predicted molar refractivity (Wildman–Crippen MR) is 69.9 cm³/mol. The third kappa shape index (κ3) is 3.53. The summed E-state index contributed by atoms with van der Waals surface area (Å²) in [6.45, 7) is 16.7. The molecule has 0 aromatic heterocycles. The predicted octanol–water partition coefficient (Wildman–Crippen LogP) is -2.47. The number of quaternary nitrogens is 1. The molecule has 2 unspecified atom stereocenters. The zero-order valence-electron chi connectivity index (χ0n) is 12.5. The van der Waals surface area contributed by atoms with Gasteiger partial charge in [-0.15, -0.1) is 0 Å². The first-order valence-electron chi connectivity index (χ1n) is 6.16. The summed E-state index contributed by atoms with van der Waals surface area (Å²) in [7, 11) is -0.816. The minimum Gasteiger partial charge on any atom is -1.00 e. The van der Waals surface area contributed by atoms with Crippen molar-refractivity contribution >= 4 is 8.96 Å². The van der Waals surface area contributed by atoms with Crippen molar-refractivity contribution in [3.05, 3.63) is 23.4 Å². The molecule has 0 aromatic carbocycles. The number of hydrogen-bond acceptors (Lipinski definition) is 0. The van der Waals surface area contributed by atoms with Gasteiger partial charge in [0.15, 0.2) is 0 Å². The van der Waals surface area contributed by atoms with Crippen LogP contribution in [0.2, 0.25) is 13.1 Å². The molecule has 1 rings (SSSR count). The Hall–Kier alpha value is 0.951. The maximum absolute atomic E-state index is 2.47. The van der Waals surface area contributed by atoms with Gasteiger partial charge in [0.05, 0.1) is 0 Å². The smallest absolute Gasteiger partial charge is 1.00 e. The van der Waals surface area contributed by atoms with Crippen LogP contribution in [0.1, 0.15) is 34.6 Å². The summed E-state index contributed by atoms with van der Waals surface area (Å²) in [4.78, 5) is 0. The van der Waals surface area contributed by atoms with Crippen molar-refractivity contribution in [3.63, 3.8) is 0 Å². The van der Waals surface area contributed by atoms with Crippen LogP contribution in [-0.2, 0) is 20.7 Å². The van der Waals surface area contributed by atoms with Crippen LogP contribution in [0.5, 0.6) is 0 Å². The number of halogens is 2. The molecule has 1 aliphatic carbocycles. The third-order valence-electron chi connectivity index (χ3n) is 3.68. The average Bonchev–Trinajstić information content (AvgIpc) is 2.43. The normalized spacial score (nSPS) is 22.5. The third-order valence-corrected chi connectivity index (χ3v) is 10.1. The molecule has 2 atom stereocenters. The van der Waals surface area contributed by atoms with E-state index in [0.717, 1.165) is 0 Å². The van der Waals surface area contributed by atoms with Crippen LogP contribution < -0.4 is 24.8 Å².